The molecule has 8 heteroatoms. The third kappa shape index (κ3) is 4.09. The molecule has 1 aliphatic rings. The van der Waals surface area contributed by atoms with Crippen LogP contribution in [0.2, 0.25) is 5.02 Å². The molecule has 3 rings (SSSR count). The second-order valence-electron chi connectivity index (χ2n) is 5.99. The van der Waals surface area contributed by atoms with Crippen molar-refractivity contribution in [2.45, 2.75) is 13.5 Å². The van der Waals surface area contributed by atoms with Crippen LogP contribution in [0.5, 0.6) is 11.5 Å². The number of likely N-dealkylation sites (N-methyl/N-ethyl adjacent to an activating group) is 1. The van der Waals surface area contributed by atoms with E-state index in [1.807, 2.05) is 0 Å². The molecule has 0 unspecified atom stereocenters. The number of urea groups is 1. The highest BCUT2D eigenvalue weighted by Crippen LogP contribution is 2.37. The Kier molecular flexibility index (Phi) is 5.84. The third-order valence-electron chi connectivity index (χ3n) is 4.11. The largest absolute Gasteiger partial charge is 0.493 e. The Morgan fingerprint density at radius 1 is 1.25 bits per heavy atom. The van der Waals surface area contributed by atoms with Gasteiger partial charge in [-0.1, -0.05) is 23.7 Å². The van der Waals surface area contributed by atoms with Gasteiger partial charge in [0.1, 0.15) is 18.1 Å². The van der Waals surface area contributed by atoms with Crippen molar-refractivity contribution >= 4 is 29.6 Å². The van der Waals surface area contributed by atoms with Gasteiger partial charge in [-0.05, 0) is 48.4 Å². The summed E-state index contributed by atoms with van der Waals surface area (Å²) >= 11 is 6.33. The highest BCUT2D eigenvalue weighted by Gasteiger charge is 2.32. The predicted octanol–water partition coefficient (Wildman–Crippen LogP) is 3.98. The molecule has 0 saturated carbocycles. The molecule has 1 aliphatic heterocycles. The van der Waals surface area contributed by atoms with Crippen LogP contribution in [0.1, 0.15) is 18.1 Å². The van der Waals surface area contributed by atoms with Gasteiger partial charge in [-0.25, -0.2) is 9.18 Å². The van der Waals surface area contributed by atoms with Gasteiger partial charge in [0, 0.05) is 6.54 Å². The number of hydrogen-bond donors (Lipinski definition) is 1. The Morgan fingerprint density at radius 2 is 2.04 bits per heavy atom. The zero-order valence-corrected chi connectivity index (χ0v) is 16.0. The smallest absolute Gasteiger partial charge is 0.328 e. The van der Waals surface area contributed by atoms with Crippen LogP contribution in [0.4, 0.5) is 9.18 Å². The number of imide groups is 1. The molecule has 1 fully saturated rings. The van der Waals surface area contributed by atoms with Crippen LogP contribution < -0.4 is 14.8 Å². The van der Waals surface area contributed by atoms with E-state index >= 15 is 0 Å². The molecule has 0 bridgehead atoms. The van der Waals surface area contributed by atoms with Gasteiger partial charge in [-0.3, -0.25) is 9.69 Å². The van der Waals surface area contributed by atoms with E-state index in [0.717, 1.165) is 4.90 Å². The van der Waals surface area contributed by atoms with E-state index < -0.39 is 11.9 Å². The molecule has 0 spiro atoms. The zero-order valence-electron chi connectivity index (χ0n) is 15.3. The Morgan fingerprint density at radius 3 is 2.68 bits per heavy atom. The van der Waals surface area contributed by atoms with E-state index in [-0.39, 0.29) is 29.7 Å². The fraction of sp³-hybridized carbons (Fsp3) is 0.200. The summed E-state index contributed by atoms with van der Waals surface area (Å²) in [5.74, 6) is -0.119. The topological polar surface area (TPSA) is 67.9 Å². The Labute approximate surface area is 166 Å². The third-order valence-corrected chi connectivity index (χ3v) is 4.39. The predicted molar refractivity (Wildman–Crippen MR) is 103 cm³/mol. The summed E-state index contributed by atoms with van der Waals surface area (Å²) in [6, 6.07) is 8.80. The highest BCUT2D eigenvalue weighted by molar-refractivity contribution is 6.32. The number of carbonyl (C=O) groups excluding carboxylic acids is 2. The van der Waals surface area contributed by atoms with E-state index in [1.165, 1.54) is 25.3 Å². The maximum absolute atomic E-state index is 13.3. The van der Waals surface area contributed by atoms with E-state index in [0.29, 0.717) is 22.6 Å². The Hall–Kier alpha value is -3.06. The van der Waals surface area contributed by atoms with Crippen molar-refractivity contribution in [3.05, 3.63) is 64.1 Å². The van der Waals surface area contributed by atoms with Gasteiger partial charge >= 0.3 is 6.03 Å². The lowest BCUT2D eigenvalue weighted by molar-refractivity contribution is -0.122. The second-order valence-corrected chi connectivity index (χ2v) is 6.40. The normalized spacial score (nSPS) is 15.1. The number of methoxy groups -OCH3 is 1. The van der Waals surface area contributed by atoms with Gasteiger partial charge in [-0.15, -0.1) is 0 Å². The van der Waals surface area contributed by atoms with Crippen LogP contribution >= 0.6 is 11.6 Å². The highest BCUT2D eigenvalue weighted by atomic mass is 35.5. The Bertz CT molecular complexity index is 961. The monoisotopic (exact) mass is 404 g/mol. The molecule has 146 valence electrons. The summed E-state index contributed by atoms with van der Waals surface area (Å²) in [4.78, 5) is 25.1. The fourth-order valence-electron chi connectivity index (χ4n) is 2.77. The average Bonchev–Trinajstić information content (AvgIpc) is 2.93. The summed E-state index contributed by atoms with van der Waals surface area (Å²) < 4.78 is 24.3. The number of halogens is 2. The number of ether oxygens (including phenoxy) is 2. The van der Waals surface area contributed by atoms with Gasteiger partial charge in [0.2, 0.25) is 0 Å². The van der Waals surface area contributed by atoms with Crippen LogP contribution in [0.3, 0.4) is 0 Å². The van der Waals surface area contributed by atoms with Crippen molar-refractivity contribution in [2.24, 2.45) is 0 Å². The minimum Gasteiger partial charge on any atom is -0.493 e. The molecule has 6 nitrogen and oxygen atoms in total. The van der Waals surface area contributed by atoms with E-state index in [2.05, 4.69) is 5.32 Å². The van der Waals surface area contributed by atoms with E-state index in [1.54, 1.807) is 31.2 Å². The summed E-state index contributed by atoms with van der Waals surface area (Å²) in [6.07, 6.45) is 1.51. The first-order valence-corrected chi connectivity index (χ1v) is 8.90. The van der Waals surface area contributed by atoms with Crippen molar-refractivity contribution in [1.82, 2.24) is 10.2 Å². The number of amides is 3. The van der Waals surface area contributed by atoms with Crippen LogP contribution in [0.15, 0.2) is 42.1 Å². The maximum Gasteiger partial charge on any atom is 0.328 e. The first kappa shape index (κ1) is 19.7. The molecule has 1 heterocycles. The molecule has 0 aliphatic carbocycles. The van der Waals surface area contributed by atoms with Crippen LogP contribution in [0.25, 0.3) is 6.08 Å². The standard InChI is InChI=1S/C20H18ClFN2O4/c1-3-24-19(25)16(23-20(24)26)9-13-8-15(21)18(17(10-13)27-2)28-11-12-5-4-6-14(22)7-12/h4-10H,3,11H2,1-2H3,(H,23,26)/b16-9+. The van der Waals surface area contributed by atoms with E-state index in [4.69, 9.17) is 21.1 Å². The molecule has 1 N–H and O–H groups in total. The lowest BCUT2D eigenvalue weighted by Gasteiger charge is -2.13. The number of rotatable bonds is 6. The molecule has 0 aromatic heterocycles. The minimum atomic E-state index is -0.466. The molecular formula is C20H18ClFN2O4. The van der Waals surface area contributed by atoms with Gasteiger partial charge in [0.05, 0.1) is 12.1 Å². The number of nitrogens with one attached hydrogen (secondary N) is 1. The lowest BCUT2D eigenvalue weighted by atomic mass is 10.1. The van der Waals surface area contributed by atoms with Crippen molar-refractivity contribution in [2.75, 3.05) is 13.7 Å². The maximum atomic E-state index is 13.3. The molecule has 0 atom stereocenters. The van der Waals surface area contributed by atoms with Crippen LogP contribution in [-0.2, 0) is 11.4 Å². The molecule has 2 aromatic carbocycles. The van der Waals surface area contributed by atoms with Gasteiger partial charge in [0.25, 0.3) is 5.91 Å². The second kappa shape index (κ2) is 8.31. The summed E-state index contributed by atoms with van der Waals surface area (Å²) in [5, 5.41) is 2.78. The average molecular weight is 405 g/mol. The van der Waals surface area contributed by atoms with Crippen molar-refractivity contribution < 1.29 is 23.5 Å². The molecule has 1 saturated heterocycles. The zero-order chi connectivity index (χ0) is 20.3. The molecule has 2 aromatic rings. The lowest BCUT2D eigenvalue weighted by Crippen LogP contribution is -2.30. The first-order valence-electron chi connectivity index (χ1n) is 8.52. The number of benzene rings is 2. The number of nitrogens with zero attached hydrogens (tertiary/aromatic N) is 1. The van der Waals surface area contributed by atoms with Gasteiger partial charge in [0.15, 0.2) is 11.5 Å². The molecule has 28 heavy (non-hydrogen) atoms. The summed E-state index contributed by atoms with van der Waals surface area (Å²) in [7, 11) is 1.46. The summed E-state index contributed by atoms with van der Waals surface area (Å²) in [5.41, 5.74) is 1.35. The van der Waals surface area contributed by atoms with Crippen molar-refractivity contribution in [1.29, 1.82) is 0 Å². The Balaban J connectivity index is 1.85. The SMILES string of the molecule is CCN1C(=O)N/C(=C/c2cc(Cl)c(OCc3cccc(F)c3)c(OC)c2)C1=O. The summed E-state index contributed by atoms with van der Waals surface area (Å²) in [6.45, 7) is 2.10. The van der Waals surface area contributed by atoms with Crippen molar-refractivity contribution in [3.8, 4) is 11.5 Å². The quantitative estimate of drug-likeness (QED) is 0.584. The molecular weight excluding hydrogens is 387 g/mol. The van der Waals surface area contributed by atoms with Crippen LogP contribution in [-0.4, -0.2) is 30.5 Å². The van der Waals surface area contributed by atoms with E-state index in [9.17, 15) is 14.0 Å². The number of hydrogen-bond acceptors (Lipinski definition) is 4. The molecule has 3 amide bonds. The molecule has 0 radical (unpaired) electrons. The van der Waals surface area contributed by atoms with Gasteiger partial charge < -0.3 is 14.8 Å². The minimum absolute atomic E-state index is 0.105. The number of carbonyl (C=O) groups is 2. The van der Waals surface area contributed by atoms with Gasteiger partial charge in [-0.2, -0.15) is 0 Å². The van der Waals surface area contributed by atoms with Crippen molar-refractivity contribution in [3.63, 3.8) is 0 Å². The first-order chi connectivity index (χ1) is 13.4. The fourth-order valence-corrected chi connectivity index (χ4v) is 3.04. The van der Waals surface area contributed by atoms with Crippen LogP contribution in [0, 0.1) is 5.82 Å².